The lowest BCUT2D eigenvalue weighted by Gasteiger charge is -2.18. The Bertz CT molecular complexity index is 472. The SMILES string of the molecule is CCN(CC)CCCNC(=O)C[C@@H](Cc1ccccc1)C(=O)O. The number of carboxylic acid groups (broad SMARTS) is 1. The number of benzene rings is 1. The number of hydrogen-bond acceptors (Lipinski definition) is 3. The first-order valence-corrected chi connectivity index (χ1v) is 8.32. The Morgan fingerprint density at radius 3 is 2.39 bits per heavy atom. The fraction of sp³-hybridized carbons (Fsp3) is 0.556. The van der Waals surface area contributed by atoms with Gasteiger partial charge in [0.05, 0.1) is 5.92 Å². The molecule has 0 saturated carbocycles. The Morgan fingerprint density at radius 2 is 1.83 bits per heavy atom. The molecular weight excluding hydrogens is 292 g/mol. The quantitative estimate of drug-likeness (QED) is 0.613. The van der Waals surface area contributed by atoms with Crippen molar-refractivity contribution < 1.29 is 14.7 Å². The molecule has 0 unspecified atom stereocenters. The fourth-order valence-corrected chi connectivity index (χ4v) is 2.51. The number of amides is 1. The molecule has 2 N–H and O–H groups in total. The van der Waals surface area contributed by atoms with Gasteiger partial charge in [-0.25, -0.2) is 0 Å². The molecule has 0 aliphatic rings. The third kappa shape index (κ3) is 7.79. The third-order valence-electron chi connectivity index (χ3n) is 3.97. The van der Waals surface area contributed by atoms with E-state index in [4.69, 9.17) is 0 Å². The fourth-order valence-electron chi connectivity index (χ4n) is 2.51. The summed E-state index contributed by atoms with van der Waals surface area (Å²) in [5.41, 5.74) is 0.939. The number of carbonyl (C=O) groups excluding carboxylic acids is 1. The molecule has 0 aromatic heterocycles. The molecule has 0 bridgehead atoms. The summed E-state index contributed by atoms with van der Waals surface area (Å²) in [7, 11) is 0. The van der Waals surface area contributed by atoms with Crippen molar-refractivity contribution in [3.8, 4) is 0 Å². The average Bonchev–Trinajstić information content (AvgIpc) is 2.55. The summed E-state index contributed by atoms with van der Waals surface area (Å²) in [5.74, 6) is -1.79. The maximum Gasteiger partial charge on any atom is 0.307 e. The molecule has 1 aromatic carbocycles. The van der Waals surface area contributed by atoms with Crippen molar-refractivity contribution in [2.75, 3.05) is 26.2 Å². The van der Waals surface area contributed by atoms with Crippen LogP contribution in [0.2, 0.25) is 0 Å². The second-order valence-corrected chi connectivity index (χ2v) is 5.66. The number of nitrogens with zero attached hydrogens (tertiary/aromatic N) is 1. The number of hydrogen-bond donors (Lipinski definition) is 2. The lowest BCUT2D eigenvalue weighted by molar-refractivity contribution is -0.144. The van der Waals surface area contributed by atoms with Crippen molar-refractivity contribution in [3.05, 3.63) is 35.9 Å². The number of nitrogens with one attached hydrogen (secondary N) is 1. The van der Waals surface area contributed by atoms with Gasteiger partial charge in [-0.05, 0) is 38.0 Å². The Hall–Kier alpha value is -1.88. The minimum absolute atomic E-state index is 0.0233. The van der Waals surface area contributed by atoms with Crippen molar-refractivity contribution in [1.29, 1.82) is 0 Å². The number of carbonyl (C=O) groups is 2. The van der Waals surface area contributed by atoms with E-state index in [1.807, 2.05) is 30.3 Å². The van der Waals surface area contributed by atoms with Gasteiger partial charge in [-0.15, -0.1) is 0 Å². The first-order valence-electron chi connectivity index (χ1n) is 8.32. The zero-order valence-corrected chi connectivity index (χ0v) is 14.1. The number of aliphatic carboxylic acids is 1. The van der Waals surface area contributed by atoms with Gasteiger partial charge in [-0.3, -0.25) is 9.59 Å². The van der Waals surface area contributed by atoms with Gasteiger partial charge < -0.3 is 15.3 Å². The Labute approximate surface area is 138 Å². The van der Waals surface area contributed by atoms with Crippen LogP contribution in [-0.4, -0.2) is 48.1 Å². The van der Waals surface area contributed by atoms with Crippen LogP contribution in [0.5, 0.6) is 0 Å². The number of carboxylic acids is 1. The van der Waals surface area contributed by atoms with Crippen molar-refractivity contribution in [1.82, 2.24) is 10.2 Å². The van der Waals surface area contributed by atoms with Crippen molar-refractivity contribution in [2.45, 2.75) is 33.1 Å². The van der Waals surface area contributed by atoms with Crippen LogP contribution in [0.1, 0.15) is 32.3 Å². The number of rotatable bonds is 11. The summed E-state index contributed by atoms with van der Waals surface area (Å²) in [6.07, 6.45) is 1.28. The zero-order valence-electron chi connectivity index (χ0n) is 14.1. The molecule has 23 heavy (non-hydrogen) atoms. The maximum absolute atomic E-state index is 11.9. The highest BCUT2D eigenvalue weighted by molar-refractivity contribution is 5.82. The van der Waals surface area contributed by atoms with Gasteiger partial charge in [0.1, 0.15) is 0 Å². The van der Waals surface area contributed by atoms with Crippen LogP contribution in [-0.2, 0) is 16.0 Å². The Morgan fingerprint density at radius 1 is 1.17 bits per heavy atom. The van der Waals surface area contributed by atoms with Crippen LogP contribution in [0.25, 0.3) is 0 Å². The predicted octanol–water partition coefficient (Wildman–Crippen LogP) is 2.17. The normalized spacial score (nSPS) is 12.1. The summed E-state index contributed by atoms with van der Waals surface area (Å²) in [4.78, 5) is 25.6. The summed E-state index contributed by atoms with van der Waals surface area (Å²) in [6, 6.07) is 9.42. The smallest absolute Gasteiger partial charge is 0.307 e. The standard InChI is InChI=1S/C18H28N2O3/c1-3-20(4-2)12-8-11-19-17(21)14-16(18(22)23)13-15-9-6-5-7-10-15/h5-7,9-10,16H,3-4,8,11-14H2,1-2H3,(H,19,21)(H,22,23)/t16-/m1/s1. The second-order valence-electron chi connectivity index (χ2n) is 5.66. The van der Waals surface area contributed by atoms with Crippen LogP contribution in [0, 0.1) is 5.92 Å². The molecule has 1 amide bonds. The molecule has 1 rings (SSSR count). The van der Waals surface area contributed by atoms with Gasteiger partial charge >= 0.3 is 5.97 Å². The van der Waals surface area contributed by atoms with Crippen molar-refractivity contribution in [2.24, 2.45) is 5.92 Å². The Balaban J connectivity index is 2.35. The van der Waals surface area contributed by atoms with Gasteiger partial charge in [-0.2, -0.15) is 0 Å². The predicted molar refractivity (Wildman–Crippen MR) is 91.3 cm³/mol. The summed E-state index contributed by atoms with van der Waals surface area (Å²) in [6.45, 7) is 7.77. The molecule has 1 atom stereocenters. The molecule has 1 aromatic rings. The minimum atomic E-state index is -0.924. The molecule has 0 spiro atoms. The van der Waals surface area contributed by atoms with E-state index < -0.39 is 11.9 Å². The van der Waals surface area contributed by atoms with Crippen molar-refractivity contribution >= 4 is 11.9 Å². The molecule has 5 nitrogen and oxygen atoms in total. The monoisotopic (exact) mass is 320 g/mol. The first-order chi connectivity index (χ1) is 11.1. The van der Waals surface area contributed by atoms with Crippen LogP contribution in [0.3, 0.4) is 0 Å². The summed E-state index contributed by atoms with van der Waals surface area (Å²) in [5, 5.41) is 12.1. The van der Waals surface area contributed by atoms with Gasteiger partial charge in [-0.1, -0.05) is 44.2 Å². The summed E-state index contributed by atoms with van der Waals surface area (Å²) < 4.78 is 0. The van der Waals surface area contributed by atoms with E-state index in [-0.39, 0.29) is 12.3 Å². The van der Waals surface area contributed by atoms with E-state index in [1.54, 1.807) is 0 Å². The van der Waals surface area contributed by atoms with Crippen LogP contribution >= 0.6 is 0 Å². The van der Waals surface area contributed by atoms with E-state index in [2.05, 4.69) is 24.1 Å². The lowest BCUT2D eigenvalue weighted by Crippen LogP contribution is -2.32. The minimum Gasteiger partial charge on any atom is -0.481 e. The molecule has 0 saturated heterocycles. The largest absolute Gasteiger partial charge is 0.481 e. The molecule has 5 heteroatoms. The second kappa shape index (κ2) is 10.8. The van der Waals surface area contributed by atoms with E-state index >= 15 is 0 Å². The topological polar surface area (TPSA) is 69.6 Å². The molecule has 0 aliphatic carbocycles. The van der Waals surface area contributed by atoms with Gasteiger partial charge in [0.25, 0.3) is 0 Å². The maximum atomic E-state index is 11.9. The average molecular weight is 320 g/mol. The van der Waals surface area contributed by atoms with E-state index in [0.717, 1.165) is 31.6 Å². The lowest BCUT2D eigenvalue weighted by atomic mass is 9.96. The van der Waals surface area contributed by atoms with Crippen LogP contribution in [0.15, 0.2) is 30.3 Å². The highest BCUT2D eigenvalue weighted by atomic mass is 16.4. The van der Waals surface area contributed by atoms with Crippen LogP contribution < -0.4 is 5.32 Å². The highest BCUT2D eigenvalue weighted by Crippen LogP contribution is 2.12. The molecule has 128 valence electrons. The molecule has 0 fully saturated rings. The third-order valence-corrected chi connectivity index (χ3v) is 3.97. The van der Waals surface area contributed by atoms with Gasteiger partial charge in [0.2, 0.25) is 5.91 Å². The molecule has 0 aliphatic heterocycles. The zero-order chi connectivity index (χ0) is 17.1. The first kappa shape index (κ1) is 19.2. The van der Waals surface area contributed by atoms with Gasteiger partial charge in [0.15, 0.2) is 0 Å². The molecule has 0 radical (unpaired) electrons. The Kier molecular flexibility index (Phi) is 8.98. The van der Waals surface area contributed by atoms with Crippen LogP contribution in [0.4, 0.5) is 0 Å². The van der Waals surface area contributed by atoms with Crippen molar-refractivity contribution in [3.63, 3.8) is 0 Å². The highest BCUT2D eigenvalue weighted by Gasteiger charge is 2.21. The summed E-state index contributed by atoms with van der Waals surface area (Å²) >= 11 is 0. The van der Waals surface area contributed by atoms with E-state index in [0.29, 0.717) is 13.0 Å². The van der Waals surface area contributed by atoms with E-state index in [1.165, 1.54) is 0 Å². The van der Waals surface area contributed by atoms with E-state index in [9.17, 15) is 14.7 Å². The molecule has 0 heterocycles. The van der Waals surface area contributed by atoms with Gasteiger partial charge in [0, 0.05) is 13.0 Å². The molecular formula is C18H28N2O3.